The van der Waals surface area contributed by atoms with Gasteiger partial charge in [-0.15, -0.1) is 0 Å². The monoisotopic (exact) mass is 256 g/mol. The van der Waals surface area contributed by atoms with Crippen molar-refractivity contribution < 1.29 is 4.79 Å². The first kappa shape index (κ1) is 13.5. The van der Waals surface area contributed by atoms with E-state index in [9.17, 15) is 4.79 Å². The molecule has 0 saturated heterocycles. The molecule has 3 nitrogen and oxygen atoms in total. The summed E-state index contributed by atoms with van der Waals surface area (Å²) >= 11 is 0. The van der Waals surface area contributed by atoms with Gasteiger partial charge in [0.15, 0.2) is 5.78 Å². The Morgan fingerprint density at radius 2 is 1.89 bits per heavy atom. The van der Waals surface area contributed by atoms with Crippen LogP contribution in [0.4, 0.5) is 0 Å². The second-order valence-electron chi connectivity index (χ2n) is 5.12. The van der Waals surface area contributed by atoms with E-state index in [4.69, 9.17) is 0 Å². The zero-order valence-corrected chi connectivity index (χ0v) is 12.0. The molecule has 0 saturated carbocycles. The van der Waals surface area contributed by atoms with Gasteiger partial charge in [-0.2, -0.15) is 5.10 Å². The standard InChI is InChI=1S/C16H20N2O/c1-5-15-14(10-18(4)17-15)16(19)13-8-6-12(7-9-13)11(2)3/h6-11H,5H2,1-4H3. The van der Waals surface area contributed by atoms with Crippen molar-refractivity contribution in [1.29, 1.82) is 0 Å². The molecule has 0 amide bonds. The minimum atomic E-state index is 0.0558. The van der Waals surface area contributed by atoms with E-state index in [2.05, 4.69) is 18.9 Å². The highest BCUT2D eigenvalue weighted by molar-refractivity contribution is 6.09. The number of carbonyl (C=O) groups is 1. The maximum Gasteiger partial charge on any atom is 0.196 e. The molecule has 1 aromatic heterocycles. The summed E-state index contributed by atoms with van der Waals surface area (Å²) < 4.78 is 1.70. The van der Waals surface area contributed by atoms with Crippen LogP contribution < -0.4 is 0 Å². The second-order valence-corrected chi connectivity index (χ2v) is 5.12. The van der Waals surface area contributed by atoms with Gasteiger partial charge >= 0.3 is 0 Å². The Bertz CT molecular complexity index is 579. The Labute approximate surface area is 114 Å². The maximum atomic E-state index is 12.5. The lowest BCUT2D eigenvalue weighted by atomic mass is 9.98. The number of hydrogen-bond donors (Lipinski definition) is 0. The average molecular weight is 256 g/mol. The molecule has 0 N–H and O–H groups in total. The highest BCUT2D eigenvalue weighted by Gasteiger charge is 2.16. The normalized spacial score (nSPS) is 11.0. The molecule has 2 rings (SSSR count). The number of benzene rings is 1. The Hall–Kier alpha value is -1.90. The number of ketones is 1. The van der Waals surface area contributed by atoms with Gasteiger partial charge in [0.2, 0.25) is 0 Å². The molecule has 0 fully saturated rings. The van der Waals surface area contributed by atoms with E-state index in [-0.39, 0.29) is 5.78 Å². The van der Waals surface area contributed by atoms with Gasteiger partial charge in [0.25, 0.3) is 0 Å². The van der Waals surface area contributed by atoms with Crippen molar-refractivity contribution in [3.8, 4) is 0 Å². The molecule has 0 aliphatic heterocycles. The van der Waals surface area contributed by atoms with Crippen LogP contribution in [0.15, 0.2) is 30.5 Å². The third-order valence-electron chi connectivity index (χ3n) is 3.32. The van der Waals surface area contributed by atoms with Gasteiger partial charge in [0.1, 0.15) is 0 Å². The van der Waals surface area contributed by atoms with Gasteiger partial charge in [-0.25, -0.2) is 0 Å². The van der Waals surface area contributed by atoms with E-state index in [1.165, 1.54) is 5.56 Å². The SMILES string of the molecule is CCc1nn(C)cc1C(=O)c1ccc(C(C)C)cc1. The predicted molar refractivity (Wildman–Crippen MR) is 76.5 cm³/mol. The van der Waals surface area contributed by atoms with Crippen molar-refractivity contribution in [3.63, 3.8) is 0 Å². The summed E-state index contributed by atoms with van der Waals surface area (Å²) in [6.07, 6.45) is 2.57. The molecule has 19 heavy (non-hydrogen) atoms. The molecule has 0 aliphatic rings. The van der Waals surface area contributed by atoms with Gasteiger partial charge in [0.05, 0.1) is 11.3 Å². The van der Waals surface area contributed by atoms with Gasteiger partial charge in [-0.3, -0.25) is 9.48 Å². The van der Waals surface area contributed by atoms with Crippen molar-refractivity contribution in [2.75, 3.05) is 0 Å². The third-order valence-corrected chi connectivity index (χ3v) is 3.32. The predicted octanol–water partition coefficient (Wildman–Crippen LogP) is 3.34. The number of aryl methyl sites for hydroxylation is 2. The summed E-state index contributed by atoms with van der Waals surface area (Å²) in [6.45, 7) is 6.31. The number of carbonyl (C=O) groups excluding carboxylic acids is 1. The Morgan fingerprint density at radius 3 is 2.42 bits per heavy atom. The molecule has 0 aliphatic carbocycles. The van der Waals surface area contributed by atoms with E-state index in [1.807, 2.05) is 38.2 Å². The van der Waals surface area contributed by atoms with Crippen LogP contribution in [-0.4, -0.2) is 15.6 Å². The van der Waals surface area contributed by atoms with Crippen LogP contribution in [0.3, 0.4) is 0 Å². The quantitative estimate of drug-likeness (QED) is 0.786. The van der Waals surface area contributed by atoms with Crippen LogP contribution >= 0.6 is 0 Å². The fraction of sp³-hybridized carbons (Fsp3) is 0.375. The van der Waals surface area contributed by atoms with E-state index < -0.39 is 0 Å². The Morgan fingerprint density at radius 1 is 1.26 bits per heavy atom. The lowest BCUT2D eigenvalue weighted by Gasteiger charge is -2.06. The van der Waals surface area contributed by atoms with Crippen LogP contribution in [-0.2, 0) is 13.5 Å². The lowest BCUT2D eigenvalue weighted by Crippen LogP contribution is -2.03. The summed E-state index contributed by atoms with van der Waals surface area (Å²) in [6, 6.07) is 7.87. The van der Waals surface area contributed by atoms with Crippen LogP contribution in [0.25, 0.3) is 0 Å². The van der Waals surface area contributed by atoms with E-state index in [0.717, 1.165) is 17.7 Å². The highest BCUT2D eigenvalue weighted by Crippen LogP contribution is 2.18. The minimum Gasteiger partial charge on any atom is -0.288 e. The summed E-state index contributed by atoms with van der Waals surface area (Å²) in [4.78, 5) is 12.5. The summed E-state index contributed by atoms with van der Waals surface area (Å²) in [5, 5.41) is 4.32. The molecule has 1 heterocycles. The van der Waals surface area contributed by atoms with E-state index in [0.29, 0.717) is 11.5 Å². The molecule has 0 unspecified atom stereocenters. The molecule has 100 valence electrons. The van der Waals surface area contributed by atoms with Gasteiger partial charge in [-0.1, -0.05) is 45.0 Å². The average Bonchev–Trinajstić information content (AvgIpc) is 2.79. The number of nitrogens with zero attached hydrogens (tertiary/aromatic N) is 2. The summed E-state index contributed by atoms with van der Waals surface area (Å²) in [5.41, 5.74) is 3.55. The minimum absolute atomic E-state index is 0.0558. The molecular weight excluding hydrogens is 236 g/mol. The topological polar surface area (TPSA) is 34.9 Å². The van der Waals surface area contributed by atoms with Gasteiger partial charge in [-0.05, 0) is 17.9 Å². The van der Waals surface area contributed by atoms with Crippen molar-refractivity contribution in [1.82, 2.24) is 9.78 Å². The molecule has 2 aromatic rings. The van der Waals surface area contributed by atoms with Crippen molar-refractivity contribution in [3.05, 3.63) is 52.8 Å². The first-order valence-corrected chi connectivity index (χ1v) is 6.70. The van der Waals surface area contributed by atoms with Crippen LogP contribution in [0.1, 0.15) is 53.9 Å². The second kappa shape index (κ2) is 5.39. The van der Waals surface area contributed by atoms with Gasteiger partial charge in [0, 0.05) is 18.8 Å². The zero-order chi connectivity index (χ0) is 14.0. The zero-order valence-electron chi connectivity index (χ0n) is 12.0. The van der Waals surface area contributed by atoms with Crippen LogP contribution in [0, 0.1) is 0 Å². The molecule has 0 radical (unpaired) electrons. The maximum absolute atomic E-state index is 12.5. The first-order valence-electron chi connectivity index (χ1n) is 6.70. The third kappa shape index (κ3) is 2.75. The summed E-state index contributed by atoms with van der Waals surface area (Å²) in [5.74, 6) is 0.536. The fourth-order valence-electron chi connectivity index (χ4n) is 2.16. The summed E-state index contributed by atoms with van der Waals surface area (Å²) in [7, 11) is 1.85. The highest BCUT2D eigenvalue weighted by atomic mass is 16.1. The molecular formula is C16H20N2O. The number of rotatable bonds is 4. The largest absolute Gasteiger partial charge is 0.288 e. The number of aromatic nitrogens is 2. The smallest absolute Gasteiger partial charge is 0.196 e. The molecule has 1 aromatic carbocycles. The molecule has 0 spiro atoms. The van der Waals surface area contributed by atoms with Crippen molar-refractivity contribution in [2.24, 2.45) is 7.05 Å². The first-order chi connectivity index (χ1) is 9.02. The van der Waals surface area contributed by atoms with Crippen LogP contribution in [0.2, 0.25) is 0 Å². The van der Waals surface area contributed by atoms with Crippen LogP contribution in [0.5, 0.6) is 0 Å². The Kier molecular flexibility index (Phi) is 3.84. The van der Waals surface area contributed by atoms with Crippen molar-refractivity contribution >= 4 is 5.78 Å². The van der Waals surface area contributed by atoms with E-state index >= 15 is 0 Å². The Balaban J connectivity index is 2.33. The van der Waals surface area contributed by atoms with E-state index in [1.54, 1.807) is 10.9 Å². The van der Waals surface area contributed by atoms with Gasteiger partial charge < -0.3 is 0 Å². The molecule has 0 bridgehead atoms. The number of hydrogen-bond acceptors (Lipinski definition) is 2. The lowest BCUT2D eigenvalue weighted by molar-refractivity contribution is 0.103. The molecule has 3 heteroatoms. The molecule has 0 atom stereocenters. The van der Waals surface area contributed by atoms with Crippen molar-refractivity contribution in [2.45, 2.75) is 33.1 Å². The fourth-order valence-corrected chi connectivity index (χ4v) is 2.16.